The van der Waals surface area contributed by atoms with E-state index in [-0.39, 0.29) is 5.60 Å². The molecule has 0 atom stereocenters. The molecule has 0 aliphatic heterocycles. The van der Waals surface area contributed by atoms with Crippen LogP contribution in [0.4, 0.5) is 0 Å². The van der Waals surface area contributed by atoms with Gasteiger partial charge >= 0.3 is 0 Å². The summed E-state index contributed by atoms with van der Waals surface area (Å²) >= 11 is 0. The van der Waals surface area contributed by atoms with Crippen LogP contribution >= 0.6 is 0 Å². The van der Waals surface area contributed by atoms with Crippen LogP contribution in [0.1, 0.15) is 149 Å². The maximum absolute atomic E-state index is 6.60. The molecule has 0 unspecified atom stereocenters. The predicted molar refractivity (Wildman–Crippen MR) is 131 cm³/mol. The molecule has 3 rings (SSSR count). The van der Waals surface area contributed by atoms with Crippen LogP contribution in [0.15, 0.2) is 0 Å². The molecule has 0 aromatic carbocycles. The molecule has 0 heterocycles. The van der Waals surface area contributed by atoms with Gasteiger partial charge in [0, 0.05) is 6.61 Å². The zero-order valence-corrected chi connectivity index (χ0v) is 20.8. The van der Waals surface area contributed by atoms with E-state index in [4.69, 9.17) is 4.74 Å². The van der Waals surface area contributed by atoms with Gasteiger partial charge in [-0.1, -0.05) is 117 Å². The van der Waals surface area contributed by atoms with E-state index in [1.807, 2.05) is 0 Å². The minimum atomic E-state index is 0.273. The molecule has 176 valence electrons. The Hall–Kier alpha value is -0.0400. The van der Waals surface area contributed by atoms with Gasteiger partial charge in [0.1, 0.15) is 0 Å². The monoisotopic (exact) mass is 418 g/mol. The lowest BCUT2D eigenvalue weighted by Gasteiger charge is -2.46. The maximum atomic E-state index is 6.60. The van der Waals surface area contributed by atoms with Crippen molar-refractivity contribution in [2.24, 2.45) is 23.7 Å². The second kappa shape index (κ2) is 13.5. The van der Waals surface area contributed by atoms with Crippen LogP contribution in [-0.4, -0.2) is 12.2 Å². The molecule has 3 saturated carbocycles. The minimum Gasteiger partial charge on any atom is -0.375 e. The van der Waals surface area contributed by atoms with E-state index < -0.39 is 0 Å². The number of hydrogen-bond acceptors (Lipinski definition) is 1. The quantitative estimate of drug-likeness (QED) is 0.287. The van der Waals surface area contributed by atoms with Crippen molar-refractivity contribution in [1.29, 1.82) is 0 Å². The zero-order valence-electron chi connectivity index (χ0n) is 20.8. The average molecular weight is 419 g/mol. The molecular formula is C29H54O. The normalized spacial score (nSPS) is 32.2. The Kier molecular flexibility index (Phi) is 11.1. The van der Waals surface area contributed by atoms with E-state index in [1.165, 1.54) is 109 Å². The standard InChI is InChI=1S/C29H54O/c1-3-5-6-8-11-25-12-14-26(15-13-25)16-17-27-18-20-28(21-19-27)29(30-24-4-2)22-9-7-10-23-29/h25-28H,3-24H2,1-2H3. The molecule has 0 radical (unpaired) electrons. The van der Waals surface area contributed by atoms with Crippen molar-refractivity contribution in [2.75, 3.05) is 6.61 Å². The van der Waals surface area contributed by atoms with E-state index in [0.717, 1.165) is 30.3 Å². The summed E-state index contributed by atoms with van der Waals surface area (Å²) in [4.78, 5) is 0. The molecule has 0 amide bonds. The first-order chi connectivity index (χ1) is 14.8. The molecule has 30 heavy (non-hydrogen) atoms. The molecule has 0 aromatic rings. The van der Waals surface area contributed by atoms with Crippen LogP contribution in [0.25, 0.3) is 0 Å². The summed E-state index contributed by atoms with van der Waals surface area (Å²) in [6, 6.07) is 0. The highest BCUT2D eigenvalue weighted by atomic mass is 16.5. The summed E-state index contributed by atoms with van der Waals surface area (Å²) in [5, 5.41) is 0. The van der Waals surface area contributed by atoms with Gasteiger partial charge in [0.25, 0.3) is 0 Å². The molecule has 0 aromatic heterocycles. The number of hydrogen-bond donors (Lipinski definition) is 0. The smallest absolute Gasteiger partial charge is 0.0710 e. The fraction of sp³-hybridized carbons (Fsp3) is 1.00. The van der Waals surface area contributed by atoms with Crippen LogP contribution in [-0.2, 0) is 4.74 Å². The van der Waals surface area contributed by atoms with Crippen LogP contribution in [0, 0.1) is 23.7 Å². The van der Waals surface area contributed by atoms with Crippen molar-refractivity contribution in [3.8, 4) is 0 Å². The van der Waals surface area contributed by atoms with Gasteiger partial charge in [-0.3, -0.25) is 0 Å². The van der Waals surface area contributed by atoms with Gasteiger partial charge < -0.3 is 4.74 Å². The van der Waals surface area contributed by atoms with E-state index in [2.05, 4.69) is 13.8 Å². The van der Waals surface area contributed by atoms with Gasteiger partial charge in [0.2, 0.25) is 0 Å². The third-order valence-corrected chi connectivity index (χ3v) is 9.30. The predicted octanol–water partition coefficient (Wildman–Crippen LogP) is 9.48. The van der Waals surface area contributed by atoms with Gasteiger partial charge in [-0.2, -0.15) is 0 Å². The third-order valence-electron chi connectivity index (χ3n) is 9.30. The van der Waals surface area contributed by atoms with Gasteiger partial charge in [-0.15, -0.1) is 0 Å². The van der Waals surface area contributed by atoms with Crippen LogP contribution in [0.5, 0.6) is 0 Å². The first-order valence-electron chi connectivity index (χ1n) is 14.4. The fourth-order valence-electron chi connectivity index (χ4n) is 7.24. The Morgan fingerprint density at radius 1 is 0.600 bits per heavy atom. The van der Waals surface area contributed by atoms with E-state index >= 15 is 0 Å². The number of unbranched alkanes of at least 4 members (excludes halogenated alkanes) is 3. The zero-order chi connectivity index (χ0) is 21.1. The van der Waals surface area contributed by atoms with Crippen molar-refractivity contribution >= 4 is 0 Å². The van der Waals surface area contributed by atoms with Crippen molar-refractivity contribution in [3.63, 3.8) is 0 Å². The molecule has 0 saturated heterocycles. The summed E-state index contributed by atoms with van der Waals surface area (Å²) < 4.78 is 6.60. The Balaban J connectivity index is 1.31. The van der Waals surface area contributed by atoms with E-state index in [0.29, 0.717) is 0 Å². The highest BCUT2D eigenvalue weighted by Gasteiger charge is 2.42. The van der Waals surface area contributed by atoms with Crippen LogP contribution in [0.3, 0.4) is 0 Å². The number of rotatable bonds is 12. The molecular weight excluding hydrogens is 364 g/mol. The first-order valence-corrected chi connectivity index (χ1v) is 14.4. The summed E-state index contributed by atoms with van der Waals surface area (Å²) in [5.41, 5.74) is 0.273. The third kappa shape index (κ3) is 7.53. The Morgan fingerprint density at radius 2 is 1.17 bits per heavy atom. The second-order valence-electron chi connectivity index (χ2n) is 11.5. The minimum absolute atomic E-state index is 0.273. The molecule has 0 bridgehead atoms. The second-order valence-corrected chi connectivity index (χ2v) is 11.5. The summed E-state index contributed by atoms with van der Waals surface area (Å²) in [5.74, 6) is 4.03. The van der Waals surface area contributed by atoms with Gasteiger partial charge in [0.05, 0.1) is 5.60 Å². The van der Waals surface area contributed by atoms with Gasteiger partial charge in [-0.05, 0) is 55.8 Å². The highest BCUT2D eigenvalue weighted by Crippen LogP contribution is 2.46. The molecule has 3 fully saturated rings. The van der Waals surface area contributed by atoms with Crippen molar-refractivity contribution < 1.29 is 4.74 Å². The van der Waals surface area contributed by atoms with Crippen LogP contribution < -0.4 is 0 Å². The first kappa shape index (κ1) is 24.6. The van der Waals surface area contributed by atoms with E-state index in [9.17, 15) is 0 Å². The lowest BCUT2D eigenvalue weighted by atomic mass is 9.67. The van der Waals surface area contributed by atoms with Crippen molar-refractivity contribution in [3.05, 3.63) is 0 Å². The number of ether oxygens (including phenoxy) is 1. The molecule has 3 aliphatic rings. The fourth-order valence-corrected chi connectivity index (χ4v) is 7.24. The Bertz CT molecular complexity index is 422. The Labute approximate surface area is 189 Å². The maximum Gasteiger partial charge on any atom is 0.0710 e. The summed E-state index contributed by atoms with van der Waals surface area (Å²) in [7, 11) is 0. The van der Waals surface area contributed by atoms with Gasteiger partial charge in [0.15, 0.2) is 0 Å². The topological polar surface area (TPSA) is 9.23 Å². The largest absolute Gasteiger partial charge is 0.375 e. The molecule has 1 nitrogen and oxygen atoms in total. The molecule has 1 heteroatoms. The van der Waals surface area contributed by atoms with Crippen molar-refractivity contribution in [2.45, 2.75) is 154 Å². The summed E-state index contributed by atoms with van der Waals surface area (Å²) in [6.45, 7) is 5.58. The van der Waals surface area contributed by atoms with E-state index in [1.54, 1.807) is 25.7 Å². The lowest BCUT2D eigenvalue weighted by molar-refractivity contribution is -0.121. The Morgan fingerprint density at radius 3 is 1.73 bits per heavy atom. The molecule has 0 N–H and O–H groups in total. The van der Waals surface area contributed by atoms with Crippen LogP contribution in [0.2, 0.25) is 0 Å². The SMILES string of the molecule is CCCCCCC1CCC(CCC2CCC(C3(OCCC)CCCCC3)CC2)CC1. The molecule has 0 spiro atoms. The summed E-state index contributed by atoms with van der Waals surface area (Å²) in [6.07, 6.45) is 30.6. The average Bonchev–Trinajstić information content (AvgIpc) is 2.81. The molecule has 3 aliphatic carbocycles. The lowest BCUT2D eigenvalue weighted by Crippen LogP contribution is -2.44. The highest BCUT2D eigenvalue weighted by molar-refractivity contribution is 4.93. The van der Waals surface area contributed by atoms with Crippen molar-refractivity contribution in [1.82, 2.24) is 0 Å². The van der Waals surface area contributed by atoms with Gasteiger partial charge in [-0.25, -0.2) is 0 Å².